The molecule has 9 aromatic rings. The van der Waals surface area contributed by atoms with Crippen LogP contribution in [0.4, 0.5) is 17.1 Å². The Bertz CT molecular complexity index is 2530. The Morgan fingerprint density at radius 2 is 0.804 bits per heavy atom. The van der Waals surface area contributed by atoms with Crippen molar-refractivity contribution >= 4 is 60.5 Å². The lowest BCUT2D eigenvalue weighted by Gasteiger charge is -2.25. The van der Waals surface area contributed by atoms with Crippen LogP contribution in [0.1, 0.15) is 0 Å². The van der Waals surface area contributed by atoms with Gasteiger partial charge in [0, 0.05) is 27.8 Å². The van der Waals surface area contributed by atoms with Gasteiger partial charge >= 0.3 is 0 Å². The van der Waals surface area contributed by atoms with Crippen LogP contribution in [0.3, 0.4) is 0 Å². The molecule has 0 spiro atoms. The van der Waals surface area contributed by atoms with E-state index < -0.39 is 0 Å². The summed E-state index contributed by atoms with van der Waals surface area (Å²) in [5.41, 5.74) is 9.97. The second-order valence-electron chi connectivity index (χ2n) is 11.8. The third-order valence-electron chi connectivity index (χ3n) is 9.01. The average molecular weight is 588 g/mol. The summed E-state index contributed by atoms with van der Waals surface area (Å²) in [6.45, 7) is 0. The molecule has 0 saturated heterocycles. The maximum absolute atomic E-state index is 6.12. The van der Waals surface area contributed by atoms with Crippen molar-refractivity contribution in [1.29, 1.82) is 0 Å². The number of rotatable bonds is 5. The van der Waals surface area contributed by atoms with Crippen molar-refractivity contribution in [3.63, 3.8) is 0 Å². The van der Waals surface area contributed by atoms with E-state index in [0.29, 0.717) is 0 Å². The lowest BCUT2D eigenvalue weighted by atomic mass is 9.96. The molecule has 1 aromatic heterocycles. The molecule has 0 bridgehead atoms. The Morgan fingerprint density at radius 3 is 1.54 bits per heavy atom. The minimum Gasteiger partial charge on any atom is -0.456 e. The molecule has 1 heterocycles. The van der Waals surface area contributed by atoms with Crippen molar-refractivity contribution in [3.8, 4) is 22.3 Å². The second-order valence-corrected chi connectivity index (χ2v) is 11.8. The van der Waals surface area contributed by atoms with Crippen LogP contribution in [0.15, 0.2) is 180 Å². The highest BCUT2D eigenvalue weighted by molar-refractivity contribution is 6.06. The van der Waals surface area contributed by atoms with Gasteiger partial charge in [0.25, 0.3) is 0 Å². The summed E-state index contributed by atoms with van der Waals surface area (Å²) in [5.74, 6) is 0. The van der Waals surface area contributed by atoms with Crippen LogP contribution in [0.5, 0.6) is 0 Å². The van der Waals surface area contributed by atoms with E-state index in [1.807, 2.05) is 12.1 Å². The lowest BCUT2D eigenvalue weighted by Crippen LogP contribution is -2.09. The van der Waals surface area contributed by atoms with Crippen LogP contribution in [0.2, 0.25) is 0 Å². The number of benzene rings is 8. The van der Waals surface area contributed by atoms with Gasteiger partial charge in [-0.25, -0.2) is 0 Å². The fraction of sp³-hybridized carbons (Fsp3) is 0. The molecular weight excluding hydrogens is 558 g/mol. The summed E-state index contributed by atoms with van der Waals surface area (Å²) in [6, 6.07) is 62.9. The van der Waals surface area contributed by atoms with E-state index in [4.69, 9.17) is 4.42 Å². The third-order valence-corrected chi connectivity index (χ3v) is 9.01. The first-order chi connectivity index (χ1) is 22.8. The Labute approximate surface area is 267 Å². The number of fused-ring (bicyclic) bond motifs is 5. The van der Waals surface area contributed by atoms with Crippen LogP contribution in [0.25, 0.3) is 65.7 Å². The monoisotopic (exact) mass is 587 g/mol. The van der Waals surface area contributed by atoms with Crippen LogP contribution < -0.4 is 4.90 Å². The molecule has 0 aliphatic rings. The van der Waals surface area contributed by atoms with Crippen LogP contribution >= 0.6 is 0 Å². The molecule has 9 rings (SSSR count). The Morgan fingerprint density at radius 1 is 0.304 bits per heavy atom. The molecule has 0 unspecified atom stereocenters. The summed E-state index contributed by atoms with van der Waals surface area (Å²) in [6.07, 6.45) is 0. The quantitative estimate of drug-likeness (QED) is 0.199. The van der Waals surface area contributed by atoms with Gasteiger partial charge in [-0.2, -0.15) is 0 Å². The molecule has 0 aliphatic heterocycles. The fourth-order valence-corrected chi connectivity index (χ4v) is 6.65. The van der Waals surface area contributed by atoms with E-state index in [0.717, 1.165) is 39.0 Å². The van der Waals surface area contributed by atoms with E-state index in [2.05, 4.69) is 169 Å². The molecule has 0 aliphatic carbocycles. The van der Waals surface area contributed by atoms with Crippen molar-refractivity contribution in [3.05, 3.63) is 176 Å². The summed E-state index contributed by atoms with van der Waals surface area (Å²) < 4.78 is 6.12. The Kier molecular flexibility index (Phi) is 6.17. The molecule has 0 fully saturated rings. The second kappa shape index (κ2) is 10.8. The first-order valence-electron chi connectivity index (χ1n) is 15.7. The smallest absolute Gasteiger partial charge is 0.135 e. The number of nitrogens with zero attached hydrogens (tertiary/aromatic N) is 1. The number of anilines is 3. The SMILES string of the molecule is c1ccc(N(c2ccc(-c3ccc4cc(-c5ccc6ccccc6c5)ccc4c3)cc2)c2ccc3oc4ccccc4c3c2)cc1. The van der Waals surface area contributed by atoms with Gasteiger partial charge < -0.3 is 9.32 Å². The standard InChI is InChI=1S/C44H29NO/c1-2-10-38(11-3-1)45(40-24-25-44-42(29-40)41-12-6-7-13-43(41)46-44)39-22-20-31(21-23-39)33-16-17-36-28-37(19-18-35(36)27-33)34-15-14-30-8-4-5-9-32(30)26-34/h1-29H. The number of hydrogen-bond acceptors (Lipinski definition) is 2. The number of furan rings is 1. The first-order valence-corrected chi connectivity index (χ1v) is 15.7. The average Bonchev–Trinajstić information content (AvgIpc) is 3.50. The first kappa shape index (κ1) is 26.3. The van der Waals surface area contributed by atoms with E-state index in [9.17, 15) is 0 Å². The molecule has 216 valence electrons. The van der Waals surface area contributed by atoms with Gasteiger partial charge in [-0.15, -0.1) is 0 Å². The van der Waals surface area contributed by atoms with Gasteiger partial charge in [0.1, 0.15) is 11.2 Å². The van der Waals surface area contributed by atoms with Gasteiger partial charge in [-0.05, 0) is 111 Å². The molecule has 2 heteroatoms. The van der Waals surface area contributed by atoms with Crippen LogP contribution in [-0.4, -0.2) is 0 Å². The third kappa shape index (κ3) is 4.60. The largest absolute Gasteiger partial charge is 0.456 e. The molecule has 0 saturated carbocycles. The van der Waals surface area contributed by atoms with Gasteiger partial charge in [0.05, 0.1) is 0 Å². The number of hydrogen-bond donors (Lipinski definition) is 0. The zero-order chi connectivity index (χ0) is 30.5. The Balaban J connectivity index is 1.06. The molecule has 2 nitrogen and oxygen atoms in total. The Hall–Kier alpha value is -6.12. The maximum atomic E-state index is 6.12. The highest BCUT2D eigenvalue weighted by atomic mass is 16.3. The highest BCUT2D eigenvalue weighted by Gasteiger charge is 2.15. The van der Waals surface area contributed by atoms with E-state index in [1.54, 1.807) is 0 Å². The predicted octanol–water partition coefficient (Wildman–Crippen LogP) is 12.7. The van der Waals surface area contributed by atoms with Gasteiger partial charge in [-0.1, -0.05) is 109 Å². The molecular formula is C44H29NO. The molecule has 8 aromatic carbocycles. The molecule has 46 heavy (non-hydrogen) atoms. The van der Waals surface area contributed by atoms with Crippen molar-refractivity contribution in [2.24, 2.45) is 0 Å². The summed E-state index contributed by atoms with van der Waals surface area (Å²) >= 11 is 0. The molecule has 0 radical (unpaired) electrons. The van der Waals surface area contributed by atoms with Crippen molar-refractivity contribution in [2.75, 3.05) is 4.90 Å². The van der Waals surface area contributed by atoms with E-state index in [1.165, 1.54) is 43.8 Å². The lowest BCUT2D eigenvalue weighted by molar-refractivity contribution is 0.669. The van der Waals surface area contributed by atoms with E-state index in [-0.39, 0.29) is 0 Å². The topological polar surface area (TPSA) is 16.4 Å². The van der Waals surface area contributed by atoms with Gasteiger partial charge in [0.2, 0.25) is 0 Å². The maximum Gasteiger partial charge on any atom is 0.135 e. The van der Waals surface area contributed by atoms with Crippen molar-refractivity contribution in [2.45, 2.75) is 0 Å². The van der Waals surface area contributed by atoms with Gasteiger partial charge in [0.15, 0.2) is 0 Å². The number of para-hydroxylation sites is 2. The van der Waals surface area contributed by atoms with Crippen molar-refractivity contribution in [1.82, 2.24) is 0 Å². The minimum atomic E-state index is 0.897. The summed E-state index contributed by atoms with van der Waals surface area (Å²) in [5, 5.41) is 7.25. The highest BCUT2D eigenvalue weighted by Crippen LogP contribution is 2.39. The van der Waals surface area contributed by atoms with E-state index >= 15 is 0 Å². The van der Waals surface area contributed by atoms with Crippen molar-refractivity contribution < 1.29 is 4.42 Å². The minimum absolute atomic E-state index is 0.897. The predicted molar refractivity (Wildman–Crippen MR) is 194 cm³/mol. The molecule has 0 amide bonds. The summed E-state index contributed by atoms with van der Waals surface area (Å²) in [4.78, 5) is 2.31. The zero-order valence-corrected chi connectivity index (χ0v) is 25.1. The van der Waals surface area contributed by atoms with Crippen LogP contribution in [-0.2, 0) is 0 Å². The van der Waals surface area contributed by atoms with Crippen LogP contribution in [0, 0.1) is 0 Å². The van der Waals surface area contributed by atoms with Gasteiger partial charge in [-0.3, -0.25) is 0 Å². The molecule has 0 atom stereocenters. The zero-order valence-electron chi connectivity index (χ0n) is 25.1. The summed E-state index contributed by atoms with van der Waals surface area (Å²) in [7, 11) is 0. The fourth-order valence-electron chi connectivity index (χ4n) is 6.65. The molecule has 0 N–H and O–H groups in total. The normalized spacial score (nSPS) is 11.5.